The summed E-state index contributed by atoms with van der Waals surface area (Å²) in [5.41, 5.74) is 1.04. The first kappa shape index (κ1) is 14.3. The molecule has 104 valence electrons. The van der Waals surface area contributed by atoms with Gasteiger partial charge in [0.1, 0.15) is 0 Å². The number of carbonyl (C=O) groups excluding carboxylic acids is 1. The van der Waals surface area contributed by atoms with E-state index in [1.807, 2.05) is 0 Å². The van der Waals surface area contributed by atoms with Crippen LogP contribution in [0.3, 0.4) is 0 Å². The summed E-state index contributed by atoms with van der Waals surface area (Å²) in [7, 11) is 0. The van der Waals surface area contributed by atoms with Crippen molar-refractivity contribution >= 4 is 27.5 Å². The highest BCUT2D eigenvalue weighted by Crippen LogP contribution is 2.19. The van der Waals surface area contributed by atoms with Crippen LogP contribution in [0.2, 0.25) is 0 Å². The number of nitrogens with zero attached hydrogens (tertiary/aromatic N) is 1. The molecule has 0 unspecified atom stereocenters. The smallest absolute Gasteiger partial charge is 0.272 e. The largest absolute Gasteiger partial charge is 0.457 e. The highest BCUT2D eigenvalue weighted by Gasteiger charge is 2.14. The van der Waals surface area contributed by atoms with E-state index < -0.39 is 4.92 Å². The lowest BCUT2D eigenvalue weighted by molar-refractivity contribution is -0.385. The number of nitro benzene ring substituents is 1. The van der Waals surface area contributed by atoms with Crippen molar-refractivity contribution in [2.24, 2.45) is 0 Å². The molecule has 7 heteroatoms. The number of furan rings is 1. The van der Waals surface area contributed by atoms with Crippen molar-refractivity contribution in [3.8, 4) is 0 Å². The molecule has 20 heavy (non-hydrogen) atoms. The molecule has 2 aromatic rings. The van der Waals surface area contributed by atoms with Crippen LogP contribution in [0.4, 0.5) is 5.69 Å². The number of rotatable bonds is 5. The lowest BCUT2D eigenvalue weighted by Gasteiger charge is -2.05. The predicted molar refractivity (Wildman–Crippen MR) is 75.5 cm³/mol. The van der Waals surface area contributed by atoms with Gasteiger partial charge in [-0.2, -0.15) is 0 Å². The third-order valence-corrected chi connectivity index (χ3v) is 3.34. The van der Waals surface area contributed by atoms with Crippen LogP contribution in [0.25, 0.3) is 0 Å². The third kappa shape index (κ3) is 3.24. The molecule has 0 atom stereocenters. The van der Waals surface area contributed by atoms with E-state index in [0.717, 1.165) is 0 Å². The van der Waals surface area contributed by atoms with Gasteiger partial charge in [-0.05, 0) is 28.4 Å². The molecule has 0 saturated heterocycles. The molecule has 0 fully saturated rings. The zero-order valence-corrected chi connectivity index (χ0v) is 11.9. The molecule has 0 spiro atoms. The van der Waals surface area contributed by atoms with Crippen molar-refractivity contribution in [2.75, 3.05) is 6.54 Å². The lowest BCUT2D eigenvalue weighted by atomic mass is 10.1. The molecular formula is C13H11BrN2O4. The molecule has 1 aromatic carbocycles. The molecule has 2 rings (SSSR count). The van der Waals surface area contributed by atoms with Crippen LogP contribution in [0, 0.1) is 10.1 Å². The fraction of sp³-hybridized carbons (Fsp3) is 0.154. The van der Waals surface area contributed by atoms with E-state index in [9.17, 15) is 14.9 Å². The van der Waals surface area contributed by atoms with Gasteiger partial charge in [0.15, 0.2) is 4.67 Å². The van der Waals surface area contributed by atoms with E-state index in [1.165, 1.54) is 12.3 Å². The lowest BCUT2D eigenvalue weighted by Crippen LogP contribution is -2.25. The fourth-order valence-electron chi connectivity index (χ4n) is 1.76. The topological polar surface area (TPSA) is 85.4 Å². The Morgan fingerprint density at radius 3 is 2.75 bits per heavy atom. The molecule has 1 N–H and O–H groups in total. The average molecular weight is 339 g/mol. The van der Waals surface area contributed by atoms with Gasteiger partial charge < -0.3 is 9.73 Å². The Labute approximate surface area is 123 Å². The van der Waals surface area contributed by atoms with E-state index in [0.29, 0.717) is 28.8 Å². The summed E-state index contributed by atoms with van der Waals surface area (Å²) < 4.78 is 5.33. The Hall–Kier alpha value is -2.15. The quantitative estimate of drug-likeness (QED) is 0.670. The monoisotopic (exact) mass is 338 g/mol. The summed E-state index contributed by atoms with van der Waals surface area (Å²) in [5.74, 6) is -0.288. The SMILES string of the molecule is O=C(NCCc1ccccc1[N+](=O)[O-])c1ccoc1Br. The zero-order chi connectivity index (χ0) is 14.5. The van der Waals surface area contributed by atoms with E-state index in [2.05, 4.69) is 21.2 Å². The Bertz CT molecular complexity index is 639. The normalized spacial score (nSPS) is 10.2. The maximum atomic E-state index is 11.8. The highest BCUT2D eigenvalue weighted by molar-refractivity contribution is 9.10. The second-order valence-electron chi connectivity index (χ2n) is 4.00. The van der Waals surface area contributed by atoms with E-state index in [-0.39, 0.29) is 11.6 Å². The minimum absolute atomic E-state index is 0.0613. The van der Waals surface area contributed by atoms with Gasteiger partial charge in [-0.15, -0.1) is 0 Å². The molecule has 0 aliphatic rings. The first-order chi connectivity index (χ1) is 9.59. The van der Waals surface area contributed by atoms with Crippen LogP contribution >= 0.6 is 15.9 Å². The van der Waals surface area contributed by atoms with Gasteiger partial charge in [-0.3, -0.25) is 14.9 Å². The van der Waals surface area contributed by atoms with Crippen molar-refractivity contribution in [3.05, 3.63) is 62.5 Å². The number of nitro groups is 1. The molecular weight excluding hydrogens is 328 g/mol. The number of hydrogen-bond donors (Lipinski definition) is 1. The summed E-state index contributed by atoms with van der Waals surface area (Å²) in [4.78, 5) is 22.2. The maximum Gasteiger partial charge on any atom is 0.272 e. The number of halogens is 1. The molecule has 1 amide bonds. The minimum atomic E-state index is -0.427. The Morgan fingerprint density at radius 2 is 2.10 bits per heavy atom. The summed E-state index contributed by atoms with van der Waals surface area (Å²) in [6.45, 7) is 0.307. The summed E-state index contributed by atoms with van der Waals surface area (Å²) >= 11 is 3.12. The average Bonchev–Trinajstić information content (AvgIpc) is 2.85. The minimum Gasteiger partial charge on any atom is -0.457 e. The zero-order valence-electron chi connectivity index (χ0n) is 10.3. The van der Waals surface area contributed by atoms with Gasteiger partial charge in [0.05, 0.1) is 16.7 Å². The van der Waals surface area contributed by atoms with Gasteiger partial charge in [0, 0.05) is 18.2 Å². The van der Waals surface area contributed by atoms with E-state index in [1.54, 1.807) is 24.3 Å². The second kappa shape index (κ2) is 6.33. The Kier molecular flexibility index (Phi) is 4.52. The van der Waals surface area contributed by atoms with Crippen LogP contribution in [0.5, 0.6) is 0 Å². The summed E-state index contributed by atoms with van der Waals surface area (Å²) in [6, 6.07) is 8.02. The van der Waals surface area contributed by atoms with Crippen LogP contribution in [0.1, 0.15) is 15.9 Å². The van der Waals surface area contributed by atoms with Crippen LogP contribution in [-0.2, 0) is 6.42 Å². The molecule has 1 heterocycles. The van der Waals surface area contributed by atoms with Gasteiger partial charge in [0.25, 0.3) is 11.6 Å². The maximum absolute atomic E-state index is 11.8. The number of hydrogen-bond acceptors (Lipinski definition) is 4. The van der Waals surface area contributed by atoms with E-state index in [4.69, 9.17) is 4.42 Å². The first-order valence-electron chi connectivity index (χ1n) is 5.83. The van der Waals surface area contributed by atoms with Crippen molar-refractivity contribution < 1.29 is 14.1 Å². The van der Waals surface area contributed by atoms with E-state index >= 15 is 0 Å². The van der Waals surface area contributed by atoms with Gasteiger partial charge >= 0.3 is 0 Å². The molecule has 0 radical (unpaired) electrons. The molecule has 1 aromatic heterocycles. The molecule has 0 aliphatic heterocycles. The van der Waals surface area contributed by atoms with Crippen LogP contribution < -0.4 is 5.32 Å². The number of para-hydroxylation sites is 1. The molecule has 0 aliphatic carbocycles. The van der Waals surface area contributed by atoms with Crippen molar-refractivity contribution in [1.82, 2.24) is 5.32 Å². The van der Waals surface area contributed by atoms with Crippen LogP contribution in [0.15, 0.2) is 45.7 Å². The number of carbonyl (C=O) groups is 1. The number of amides is 1. The molecule has 6 nitrogen and oxygen atoms in total. The Morgan fingerprint density at radius 1 is 1.35 bits per heavy atom. The van der Waals surface area contributed by atoms with Gasteiger partial charge in [-0.1, -0.05) is 18.2 Å². The summed E-state index contributed by atoms with van der Waals surface area (Å²) in [5, 5.41) is 13.5. The summed E-state index contributed by atoms with van der Waals surface area (Å²) in [6.07, 6.45) is 1.79. The first-order valence-corrected chi connectivity index (χ1v) is 6.62. The Balaban J connectivity index is 1.95. The third-order valence-electron chi connectivity index (χ3n) is 2.73. The number of nitrogens with one attached hydrogen (secondary N) is 1. The number of benzene rings is 1. The standard InChI is InChI=1S/C13H11BrN2O4/c14-12-10(6-8-20-12)13(17)15-7-5-9-3-1-2-4-11(9)16(18)19/h1-4,6,8H,5,7H2,(H,15,17). The fourth-order valence-corrected chi connectivity index (χ4v) is 2.18. The highest BCUT2D eigenvalue weighted by atomic mass is 79.9. The molecule has 0 bridgehead atoms. The predicted octanol–water partition coefficient (Wildman–Crippen LogP) is 2.92. The second-order valence-corrected chi connectivity index (χ2v) is 4.72. The van der Waals surface area contributed by atoms with Crippen molar-refractivity contribution in [3.63, 3.8) is 0 Å². The van der Waals surface area contributed by atoms with Crippen molar-refractivity contribution in [2.45, 2.75) is 6.42 Å². The molecule has 0 saturated carbocycles. The van der Waals surface area contributed by atoms with Gasteiger partial charge in [-0.25, -0.2) is 0 Å². The van der Waals surface area contributed by atoms with Crippen LogP contribution in [-0.4, -0.2) is 17.4 Å². The van der Waals surface area contributed by atoms with Crippen molar-refractivity contribution in [1.29, 1.82) is 0 Å². The van der Waals surface area contributed by atoms with Gasteiger partial charge in [0.2, 0.25) is 0 Å².